The second-order valence-electron chi connectivity index (χ2n) is 6.82. The van der Waals surface area contributed by atoms with Crippen molar-refractivity contribution in [2.75, 3.05) is 5.32 Å². The Morgan fingerprint density at radius 3 is 2.81 bits per heavy atom. The van der Waals surface area contributed by atoms with Crippen LogP contribution in [-0.4, -0.2) is 15.9 Å². The molecule has 4 aromatic rings. The van der Waals surface area contributed by atoms with Crippen LogP contribution in [0.5, 0.6) is 5.75 Å². The Morgan fingerprint density at radius 2 is 1.97 bits per heavy atom. The zero-order chi connectivity index (χ0) is 21.5. The van der Waals surface area contributed by atoms with E-state index in [-0.39, 0.29) is 12.3 Å². The second-order valence-corrected chi connectivity index (χ2v) is 7.23. The molecule has 31 heavy (non-hydrogen) atoms. The fourth-order valence-electron chi connectivity index (χ4n) is 2.97. The molecule has 0 fully saturated rings. The number of oxazole rings is 1. The lowest BCUT2D eigenvalue weighted by atomic mass is 10.2. The number of hydrogen-bond donors (Lipinski definition) is 1. The Morgan fingerprint density at radius 1 is 1.06 bits per heavy atom. The lowest BCUT2D eigenvalue weighted by Gasteiger charge is -2.09. The van der Waals surface area contributed by atoms with E-state index in [1.165, 1.54) is 0 Å². The third-order valence-electron chi connectivity index (χ3n) is 4.50. The lowest BCUT2D eigenvalue weighted by Crippen LogP contribution is -2.12. The number of anilines is 1. The molecule has 0 spiro atoms. The quantitative estimate of drug-likeness (QED) is 0.394. The molecule has 0 radical (unpaired) electrons. The third-order valence-corrected chi connectivity index (χ3v) is 4.83. The minimum atomic E-state index is -0.137. The number of aromatic nitrogens is 2. The van der Waals surface area contributed by atoms with Gasteiger partial charge in [0.2, 0.25) is 5.91 Å². The van der Waals surface area contributed by atoms with Crippen molar-refractivity contribution in [1.82, 2.24) is 9.97 Å². The van der Waals surface area contributed by atoms with E-state index in [1.54, 1.807) is 30.7 Å². The molecule has 0 aliphatic heterocycles. The summed E-state index contributed by atoms with van der Waals surface area (Å²) in [5.74, 6) is 1.60. The van der Waals surface area contributed by atoms with Crippen molar-refractivity contribution in [1.29, 1.82) is 0 Å². The van der Waals surface area contributed by atoms with Crippen LogP contribution >= 0.6 is 11.6 Å². The number of halogens is 1. The van der Waals surface area contributed by atoms with E-state index in [9.17, 15) is 4.79 Å². The van der Waals surface area contributed by atoms with Crippen LogP contribution in [-0.2, 0) is 17.8 Å². The Kier molecular flexibility index (Phi) is 6.59. The monoisotopic (exact) mass is 433 g/mol. The van der Waals surface area contributed by atoms with Crippen molar-refractivity contribution in [3.8, 4) is 17.1 Å². The fraction of sp³-hybridized carbons (Fsp3) is 0.125. The first-order valence-corrected chi connectivity index (χ1v) is 10.2. The predicted molar refractivity (Wildman–Crippen MR) is 119 cm³/mol. The molecule has 156 valence electrons. The van der Waals surface area contributed by atoms with Crippen molar-refractivity contribution >= 4 is 23.2 Å². The van der Waals surface area contributed by atoms with Crippen LogP contribution in [0.1, 0.15) is 17.9 Å². The first-order valence-electron chi connectivity index (χ1n) is 9.78. The minimum absolute atomic E-state index is 0.137. The van der Waals surface area contributed by atoms with E-state index in [4.69, 9.17) is 20.8 Å². The van der Waals surface area contributed by atoms with Gasteiger partial charge in [0.25, 0.3) is 0 Å². The molecule has 2 aromatic heterocycles. The topological polar surface area (TPSA) is 77.2 Å². The van der Waals surface area contributed by atoms with Gasteiger partial charge >= 0.3 is 0 Å². The van der Waals surface area contributed by atoms with Crippen molar-refractivity contribution in [3.05, 3.63) is 95.7 Å². The smallest absolute Gasteiger partial charge is 0.224 e. The average molecular weight is 434 g/mol. The Labute approximate surface area is 184 Å². The minimum Gasteiger partial charge on any atom is -0.489 e. The zero-order valence-electron chi connectivity index (χ0n) is 16.6. The average Bonchev–Trinajstić information content (AvgIpc) is 3.26. The molecular weight excluding hydrogens is 414 g/mol. The first kappa shape index (κ1) is 20.6. The van der Waals surface area contributed by atoms with Crippen molar-refractivity contribution < 1.29 is 13.9 Å². The molecule has 0 aliphatic carbocycles. The van der Waals surface area contributed by atoms with Crippen molar-refractivity contribution in [2.24, 2.45) is 0 Å². The summed E-state index contributed by atoms with van der Waals surface area (Å²) >= 11 is 6.19. The summed E-state index contributed by atoms with van der Waals surface area (Å²) in [5, 5.41) is 3.47. The van der Waals surface area contributed by atoms with Crippen molar-refractivity contribution in [2.45, 2.75) is 19.4 Å². The number of aryl methyl sites for hydroxylation is 1. The molecular formula is C24H20ClN3O3. The highest BCUT2D eigenvalue weighted by Crippen LogP contribution is 2.28. The van der Waals surface area contributed by atoms with Gasteiger partial charge in [0.15, 0.2) is 11.7 Å². The highest BCUT2D eigenvalue weighted by molar-refractivity contribution is 6.33. The number of nitrogens with zero attached hydrogens (tertiary/aromatic N) is 2. The fourth-order valence-corrected chi connectivity index (χ4v) is 3.20. The van der Waals surface area contributed by atoms with Crippen LogP contribution in [0.3, 0.4) is 0 Å². The second kappa shape index (κ2) is 9.91. The first-order chi connectivity index (χ1) is 15.2. The van der Waals surface area contributed by atoms with E-state index in [1.807, 2.05) is 48.5 Å². The van der Waals surface area contributed by atoms with E-state index >= 15 is 0 Å². The number of carbonyl (C=O) groups is 1. The number of rotatable bonds is 8. The molecule has 0 saturated heterocycles. The summed E-state index contributed by atoms with van der Waals surface area (Å²) in [6.07, 6.45) is 5.72. The number of carbonyl (C=O) groups excluding carboxylic acids is 1. The van der Waals surface area contributed by atoms with Gasteiger partial charge in [0.1, 0.15) is 12.4 Å². The normalized spacial score (nSPS) is 10.6. The summed E-state index contributed by atoms with van der Waals surface area (Å²) in [6.45, 7) is 0.406. The summed E-state index contributed by atoms with van der Waals surface area (Å²) < 4.78 is 11.5. The third kappa shape index (κ3) is 5.71. The van der Waals surface area contributed by atoms with Crippen LogP contribution < -0.4 is 10.1 Å². The largest absolute Gasteiger partial charge is 0.489 e. The summed E-state index contributed by atoms with van der Waals surface area (Å²) in [5.41, 5.74) is 2.41. The van der Waals surface area contributed by atoms with Gasteiger partial charge < -0.3 is 14.5 Å². The van der Waals surface area contributed by atoms with Crippen LogP contribution in [0.15, 0.2) is 83.7 Å². The molecule has 0 unspecified atom stereocenters. The summed E-state index contributed by atoms with van der Waals surface area (Å²) in [4.78, 5) is 20.7. The maximum atomic E-state index is 12.4. The van der Waals surface area contributed by atoms with Gasteiger partial charge in [-0.1, -0.05) is 35.9 Å². The molecule has 0 atom stereocenters. The van der Waals surface area contributed by atoms with E-state index < -0.39 is 0 Å². The SMILES string of the molecule is O=C(CCc1ncc(-c2ccccc2Cl)o1)Nc1cccc(OCc2cccnc2)c1. The zero-order valence-corrected chi connectivity index (χ0v) is 17.4. The Balaban J connectivity index is 1.30. The number of amides is 1. The van der Waals surface area contributed by atoms with E-state index in [0.29, 0.717) is 41.1 Å². The van der Waals surface area contributed by atoms with Gasteiger partial charge in [0, 0.05) is 48.1 Å². The standard InChI is InChI=1S/C24H20ClN3O3/c25-21-9-2-1-8-20(21)22-15-27-24(31-22)11-10-23(29)28-18-6-3-7-19(13-18)30-16-17-5-4-12-26-14-17/h1-9,12-15H,10-11,16H2,(H,28,29). The highest BCUT2D eigenvalue weighted by atomic mass is 35.5. The van der Waals surface area contributed by atoms with Gasteiger partial charge in [-0.25, -0.2) is 4.98 Å². The van der Waals surface area contributed by atoms with Crippen LogP contribution in [0, 0.1) is 0 Å². The molecule has 4 rings (SSSR count). The molecule has 0 saturated carbocycles. The predicted octanol–water partition coefficient (Wildman–Crippen LogP) is 5.54. The van der Waals surface area contributed by atoms with Crippen LogP contribution in [0.25, 0.3) is 11.3 Å². The van der Waals surface area contributed by atoms with Crippen molar-refractivity contribution in [3.63, 3.8) is 0 Å². The maximum Gasteiger partial charge on any atom is 0.224 e. The van der Waals surface area contributed by atoms with Gasteiger partial charge in [-0.3, -0.25) is 9.78 Å². The lowest BCUT2D eigenvalue weighted by molar-refractivity contribution is -0.116. The molecule has 2 aromatic carbocycles. The van der Waals surface area contributed by atoms with Gasteiger partial charge in [-0.15, -0.1) is 0 Å². The number of hydrogen-bond acceptors (Lipinski definition) is 5. The summed E-state index contributed by atoms with van der Waals surface area (Å²) in [7, 11) is 0. The van der Waals surface area contributed by atoms with Gasteiger partial charge in [-0.05, 0) is 30.3 Å². The molecule has 2 heterocycles. The molecule has 0 bridgehead atoms. The van der Waals surface area contributed by atoms with Crippen LogP contribution in [0.4, 0.5) is 5.69 Å². The molecule has 1 N–H and O–H groups in total. The van der Waals surface area contributed by atoms with Gasteiger partial charge in [-0.2, -0.15) is 0 Å². The number of nitrogens with one attached hydrogen (secondary N) is 1. The van der Waals surface area contributed by atoms with Crippen LogP contribution in [0.2, 0.25) is 5.02 Å². The Hall–Kier alpha value is -3.64. The number of pyridine rings is 1. The highest BCUT2D eigenvalue weighted by Gasteiger charge is 2.11. The summed E-state index contributed by atoms with van der Waals surface area (Å²) in [6, 6.07) is 18.5. The Bertz CT molecular complexity index is 1160. The molecule has 1 amide bonds. The molecule has 6 nitrogen and oxygen atoms in total. The molecule has 7 heteroatoms. The van der Waals surface area contributed by atoms with E-state index in [2.05, 4.69) is 15.3 Å². The molecule has 0 aliphatic rings. The number of ether oxygens (including phenoxy) is 1. The van der Waals surface area contributed by atoms with E-state index in [0.717, 1.165) is 11.1 Å². The maximum absolute atomic E-state index is 12.4. The van der Waals surface area contributed by atoms with Gasteiger partial charge in [0.05, 0.1) is 11.2 Å². The number of benzene rings is 2.